The molecule has 3 rings (SSSR count). The fourth-order valence-corrected chi connectivity index (χ4v) is 6.70. The summed E-state index contributed by atoms with van der Waals surface area (Å²) in [6.07, 6.45) is 6.05. The Labute approximate surface area is 203 Å². The second-order valence-corrected chi connectivity index (χ2v) is 10.7. The number of hydrazone groups is 1. The van der Waals surface area contributed by atoms with E-state index >= 15 is 0 Å². The monoisotopic (exact) mass is 485 g/mol. The highest BCUT2D eigenvalue weighted by molar-refractivity contribution is 7.89. The number of aryl methyl sites for hydroxylation is 3. The third-order valence-corrected chi connectivity index (χ3v) is 8.25. The Morgan fingerprint density at radius 3 is 2.29 bits per heavy atom. The largest absolute Gasteiger partial charge is 0.494 e. The molecule has 1 saturated carbocycles. The highest BCUT2D eigenvalue weighted by atomic mass is 32.2. The van der Waals surface area contributed by atoms with Gasteiger partial charge in [-0.15, -0.1) is 0 Å². The second-order valence-electron chi connectivity index (χ2n) is 8.87. The van der Waals surface area contributed by atoms with Crippen molar-refractivity contribution in [2.24, 2.45) is 5.10 Å². The van der Waals surface area contributed by atoms with Crippen LogP contribution < -0.4 is 10.2 Å². The lowest BCUT2D eigenvalue weighted by molar-refractivity contribution is -0.121. The molecule has 7 nitrogen and oxygen atoms in total. The molecule has 34 heavy (non-hydrogen) atoms. The van der Waals surface area contributed by atoms with E-state index in [0.29, 0.717) is 22.6 Å². The second kappa shape index (κ2) is 11.6. The molecule has 0 aliphatic heterocycles. The molecule has 1 aliphatic carbocycles. The van der Waals surface area contributed by atoms with Gasteiger partial charge in [-0.1, -0.05) is 37.0 Å². The molecule has 1 aliphatic rings. The molecule has 2 aromatic carbocycles. The van der Waals surface area contributed by atoms with E-state index in [1.807, 2.05) is 64.1 Å². The van der Waals surface area contributed by atoms with Crippen LogP contribution in [0.15, 0.2) is 46.4 Å². The van der Waals surface area contributed by atoms with Gasteiger partial charge in [0.2, 0.25) is 10.0 Å². The molecule has 0 aromatic heterocycles. The van der Waals surface area contributed by atoms with E-state index in [4.69, 9.17) is 4.74 Å². The molecule has 0 saturated heterocycles. The molecular formula is C26H35N3O4S. The third-order valence-electron chi connectivity index (χ3n) is 6.05. The summed E-state index contributed by atoms with van der Waals surface area (Å²) in [5.41, 5.74) is 5.71. The van der Waals surface area contributed by atoms with Gasteiger partial charge in [0.05, 0.1) is 24.3 Å². The normalized spacial score (nSPS) is 15.1. The minimum absolute atomic E-state index is 0.195. The Morgan fingerprint density at radius 1 is 1.09 bits per heavy atom. The first-order chi connectivity index (χ1) is 16.2. The van der Waals surface area contributed by atoms with E-state index < -0.39 is 15.9 Å². The van der Waals surface area contributed by atoms with Gasteiger partial charge in [0.15, 0.2) is 0 Å². The predicted molar refractivity (Wildman–Crippen MR) is 135 cm³/mol. The number of rotatable bonds is 9. The zero-order chi connectivity index (χ0) is 24.7. The van der Waals surface area contributed by atoms with Gasteiger partial charge in [0.25, 0.3) is 5.91 Å². The zero-order valence-corrected chi connectivity index (χ0v) is 21.3. The maximum atomic E-state index is 13.8. The molecule has 0 radical (unpaired) electrons. The first-order valence-electron chi connectivity index (χ1n) is 11.9. The lowest BCUT2D eigenvalue weighted by Crippen LogP contribution is -2.46. The smallest absolute Gasteiger partial charge is 0.255 e. The third kappa shape index (κ3) is 6.45. The maximum Gasteiger partial charge on any atom is 0.255 e. The van der Waals surface area contributed by atoms with E-state index in [1.165, 1.54) is 10.5 Å². The zero-order valence-electron chi connectivity index (χ0n) is 20.5. The Morgan fingerprint density at radius 2 is 1.71 bits per heavy atom. The summed E-state index contributed by atoms with van der Waals surface area (Å²) in [4.78, 5) is 13.1. The maximum absolute atomic E-state index is 13.8. The molecule has 0 heterocycles. The van der Waals surface area contributed by atoms with Crippen LogP contribution in [0, 0.1) is 20.8 Å². The van der Waals surface area contributed by atoms with Crippen molar-refractivity contribution in [3.8, 4) is 5.75 Å². The first-order valence-corrected chi connectivity index (χ1v) is 13.3. The average molecular weight is 486 g/mol. The Hall–Kier alpha value is -2.71. The number of carbonyl (C=O) groups excluding carboxylic acids is 1. The van der Waals surface area contributed by atoms with Gasteiger partial charge in [-0.05, 0) is 81.5 Å². The Bertz CT molecular complexity index is 1100. The van der Waals surface area contributed by atoms with Gasteiger partial charge in [-0.2, -0.15) is 9.41 Å². The number of amides is 1. The molecule has 0 bridgehead atoms. The minimum Gasteiger partial charge on any atom is -0.494 e. The van der Waals surface area contributed by atoms with Crippen LogP contribution in [-0.2, 0) is 14.8 Å². The van der Waals surface area contributed by atoms with Gasteiger partial charge in [-0.3, -0.25) is 4.79 Å². The molecule has 2 aromatic rings. The first kappa shape index (κ1) is 25.9. The van der Waals surface area contributed by atoms with Gasteiger partial charge in [-0.25, -0.2) is 13.8 Å². The van der Waals surface area contributed by atoms with Gasteiger partial charge < -0.3 is 4.74 Å². The van der Waals surface area contributed by atoms with Gasteiger partial charge in [0, 0.05) is 6.04 Å². The summed E-state index contributed by atoms with van der Waals surface area (Å²) < 4.78 is 34.4. The van der Waals surface area contributed by atoms with Crippen LogP contribution in [0.1, 0.15) is 61.3 Å². The van der Waals surface area contributed by atoms with Crippen molar-refractivity contribution in [2.75, 3.05) is 13.2 Å². The van der Waals surface area contributed by atoms with E-state index in [9.17, 15) is 13.2 Å². The van der Waals surface area contributed by atoms with Gasteiger partial charge >= 0.3 is 0 Å². The van der Waals surface area contributed by atoms with Crippen LogP contribution in [0.2, 0.25) is 0 Å². The highest BCUT2D eigenvalue weighted by Crippen LogP contribution is 2.31. The van der Waals surface area contributed by atoms with Crippen molar-refractivity contribution >= 4 is 22.1 Å². The SMILES string of the molecule is CCOc1ccc(C=NNC(=O)CN(C2CCCCC2)S(=O)(=O)c2c(C)cc(C)cc2C)cc1. The Kier molecular flexibility index (Phi) is 8.85. The molecule has 0 atom stereocenters. The summed E-state index contributed by atoms with van der Waals surface area (Å²) in [7, 11) is -3.85. The van der Waals surface area contributed by atoms with Crippen LogP contribution in [0.4, 0.5) is 0 Å². The topological polar surface area (TPSA) is 88.1 Å². The van der Waals surface area contributed by atoms with Crippen LogP contribution in [0.25, 0.3) is 0 Å². The number of nitrogens with zero attached hydrogens (tertiary/aromatic N) is 2. The summed E-state index contributed by atoms with van der Waals surface area (Å²) in [6, 6.07) is 10.9. The van der Waals surface area contributed by atoms with Crippen molar-refractivity contribution in [2.45, 2.75) is 70.7 Å². The summed E-state index contributed by atoms with van der Waals surface area (Å²) in [5.74, 6) is 0.303. The number of hydrogen-bond donors (Lipinski definition) is 1. The van der Waals surface area contributed by atoms with E-state index in [1.54, 1.807) is 0 Å². The molecule has 0 spiro atoms. The van der Waals surface area contributed by atoms with Crippen LogP contribution in [-0.4, -0.2) is 44.0 Å². The predicted octanol–water partition coefficient (Wildman–Crippen LogP) is 4.48. The molecule has 8 heteroatoms. The van der Waals surface area contributed by atoms with E-state index in [2.05, 4.69) is 10.5 Å². The van der Waals surface area contributed by atoms with Crippen molar-refractivity contribution in [1.29, 1.82) is 0 Å². The fourth-order valence-electron chi connectivity index (χ4n) is 4.64. The summed E-state index contributed by atoms with van der Waals surface area (Å²) in [5, 5.41) is 4.03. The fraction of sp³-hybridized carbons (Fsp3) is 0.462. The van der Waals surface area contributed by atoms with Crippen molar-refractivity contribution < 1.29 is 17.9 Å². The number of hydrogen-bond acceptors (Lipinski definition) is 5. The molecular weight excluding hydrogens is 450 g/mol. The number of benzene rings is 2. The summed E-state index contributed by atoms with van der Waals surface area (Å²) in [6.45, 7) is 7.82. The molecule has 0 unspecified atom stereocenters. The molecule has 184 valence electrons. The van der Waals surface area contributed by atoms with E-state index in [-0.39, 0.29) is 12.6 Å². The summed E-state index contributed by atoms with van der Waals surface area (Å²) >= 11 is 0. The minimum atomic E-state index is -3.85. The standard InChI is InChI=1S/C26H35N3O4S/c1-5-33-24-13-11-22(12-14-24)17-27-28-25(30)18-29(23-9-7-6-8-10-23)34(31,32)26-20(3)15-19(2)16-21(26)4/h11-17,23H,5-10,18H2,1-4H3,(H,28,30). The van der Waals surface area contributed by atoms with Crippen molar-refractivity contribution in [3.63, 3.8) is 0 Å². The number of sulfonamides is 1. The lowest BCUT2D eigenvalue weighted by Gasteiger charge is -2.33. The average Bonchev–Trinajstić information content (AvgIpc) is 2.78. The van der Waals surface area contributed by atoms with Crippen LogP contribution in [0.5, 0.6) is 5.75 Å². The molecule has 1 amide bonds. The van der Waals surface area contributed by atoms with Gasteiger partial charge in [0.1, 0.15) is 5.75 Å². The van der Waals surface area contributed by atoms with Crippen LogP contribution >= 0.6 is 0 Å². The number of ether oxygens (including phenoxy) is 1. The highest BCUT2D eigenvalue weighted by Gasteiger charge is 2.35. The van der Waals surface area contributed by atoms with Crippen molar-refractivity contribution in [3.05, 3.63) is 58.7 Å². The Balaban J connectivity index is 1.78. The van der Waals surface area contributed by atoms with Crippen molar-refractivity contribution in [1.82, 2.24) is 9.73 Å². The van der Waals surface area contributed by atoms with E-state index in [0.717, 1.165) is 49.0 Å². The quantitative estimate of drug-likeness (QED) is 0.419. The number of nitrogens with one attached hydrogen (secondary N) is 1. The molecule has 1 N–H and O–H groups in total. The van der Waals surface area contributed by atoms with Crippen LogP contribution in [0.3, 0.4) is 0 Å². The lowest BCUT2D eigenvalue weighted by atomic mass is 9.95. The molecule has 1 fully saturated rings. The number of carbonyl (C=O) groups is 1.